The zero-order valence-corrected chi connectivity index (χ0v) is 9.26. The number of hydrogen-bond acceptors (Lipinski definition) is 3. The zero-order chi connectivity index (χ0) is 10.7. The summed E-state index contributed by atoms with van der Waals surface area (Å²) < 4.78 is 2.07. The third kappa shape index (κ3) is 2.58. The first-order chi connectivity index (χ1) is 7.29. The molecule has 15 heavy (non-hydrogen) atoms. The van der Waals surface area contributed by atoms with E-state index >= 15 is 0 Å². The second-order valence-electron chi connectivity index (χ2n) is 4.47. The fraction of sp³-hybridized carbons (Fsp3) is 0.727. The maximum absolute atomic E-state index is 9.12. The van der Waals surface area contributed by atoms with Gasteiger partial charge < -0.3 is 14.6 Å². The normalized spacial score (nSPS) is 23.2. The fourth-order valence-electron chi connectivity index (χ4n) is 2.34. The van der Waals surface area contributed by atoms with Crippen LogP contribution in [0.1, 0.15) is 18.5 Å². The van der Waals surface area contributed by atoms with E-state index in [0.29, 0.717) is 5.92 Å². The molecule has 0 bridgehead atoms. The van der Waals surface area contributed by atoms with E-state index in [4.69, 9.17) is 5.11 Å². The minimum absolute atomic E-state index is 0.0859. The van der Waals surface area contributed by atoms with Crippen LogP contribution in [0, 0.1) is 5.92 Å². The van der Waals surface area contributed by atoms with Crippen molar-refractivity contribution >= 4 is 0 Å². The largest absolute Gasteiger partial charge is 0.390 e. The summed E-state index contributed by atoms with van der Waals surface area (Å²) in [6, 6.07) is 0. The first-order valence-electron chi connectivity index (χ1n) is 5.58. The maximum atomic E-state index is 9.12. The van der Waals surface area contributed by atoms with Crippen molar-refractivity contribution in [2.75, 3.05) is 20.1 Å². The van der Waals surface area contributed by atoms with Gasteiger partial charge in [0.25, 0.3) is 0 Å². The lowest BCUT2D eigenvalue weighted by Crippen LogP contribution is -2.34. The Morgan fingerprint density at radius 3 is 3.20 bits per heavy atom. The molecule has 0 aromatic carbocycles. The van der Waals surface area contributed by atoms with Gasteiger partial charge in [-0.2, -0.15) is 0 Å². The minimum atomic E-state index is 0.0859. The lowest BCUT2D eigenvalue weighted by Gasteiger charge is -2.30. The van der Waals surface area contributed by atoms with Gasteiger partial charge in [0.1, 0.15) is 0 Å². The van der Waals surface area contributed by atoms with Crippen molar-refractivity contribution in [1.29, 1.82) is 0 Å². The van der Waals surface area contributed by atoms with Gasteiger partial charge in [-0.3, -0.25) is 0 Å². The lowest BCUT2D eigenvalue weighted by atomic mass is 9.98. The third-order valence-corrected chi connectivity index (χ3v) is 3.14. The first-order valence-corrected chi connectivity index (χ1v) is 5.58. The minimum Gasteiger partial charge on any atom is -0.390 e. The number of aromatic nitrogens is 2. The molecule has 4 heteroatoms. The van der Waals surface area contributed by atoms with Crippen LogP contribution in [-0.2, 0) is 13.2 Å². The van der Waals surface area contributed by atoms with Gasteiger partial charge in [-0.15, -0.1) is 0 Å². The predicted octanol–water partition coefficient (Wildman–Crippen LogP) is 0.717. The van der Waals surface area contributed by atoms with Gasteiger partial charge >= 0.3 is 0 Å². The molecule has 1 aromatic rings. The fourth-order valence-corrected chi connectivity index (χ4v) is 2.34. The average Bonchev–Trinajstić information content (AvgIpc) is 2.65. The molecule has 2 rings (SSSR count). The van der Waals surface area contributed by atoms with Crippen LogP contribution in [0.5, 0.6) is 0 Å². The monoisotopic (exact) mass is 209 g/mol. The zero-order valence-electron chi connectivity index (χ0n) is 9.26. The summed E-state index contributed by atoms with van der Waals surface area (Å²) in [6.45, 7) is 3.44. The summed E-state index contributed by atoms with van der Waals surface area (Å²) in [5.41, 5.74) is 0.920. The predicted molar refractivity (Wildman–Crippen MR) is 58.4 cm³/mol. The van der Waals surface area contributed by atoms with Gasteiger partial charge in [0, 0.05) is 13.1 Å². The Bertz CT molecular complexity index is 311. The number of aliphatic hydroxyl groups is 1. The van der Waals surface area contributed by atoms with Gasteiger partial charge in [0.15, 0.2) is 0 Å². The van der Waals surface area contributed by atoms with Crippen LogP contribution in [0.15, 0.2) is 12.5 Å². The van der Waals surface area contributed by atoms with E-state index in [1.807, 2.05) is 6.33 Å². The molecule has 1 aliphatic rings. The highest BCUT2D eigenvalue weighted by atomic mass is 16.3. The van der Waals surface area contributed by atoms with E-state index < -0.39 is 0 Å². The Labute approximate surface area is 90.5 Å². The van der Waals surface area contributed by atoms with Crippen LogP contribution in [0.4, 0.5) is 0 Å². The second kappa shape index (κ2) is 4.77. The molecule has 1 aliphatic heterocycles. The lowest BCUT2D eigenvalue weighted by molar-refractivity contribution is 0.190. The molecular formula is C11H19N3O. The van der Waals surface area contributed by atoms with Crippen molar-refractivity contribution < 1.29 is 5.11 Å². The number of likely N-dealkylation sites (tertiary alicyclic amines) is 1. The van der Waals surface area contributed by atoms with Crippen LogP contribution in [0.3, 0.4) is 0 Å². The van der Waals surface area contributed by atoms with E-state index in [1.165, 1.54) is 19.4 Å². The van der Waals surface area contributed by atoms with Crippen LogP contribution in [-0.4, -0.2) is 39.7 Å². The van der Waals surface area contributed by atoms with Gasteiger partial charge in [0.05, 0.1) is 24.8 Å². The summed E-state index contributed by atoms with van der Waals surface area (Å²) in [4.78, 5) is 6.45. The molecule has 1 atom stereocenters. The summed E-state index contributed by atoms with van der Waals surface area (Å²) in [7, 11) is 2.17. The van der Waals surface area contributed by atoms with Crippen molar-refractivity contribution in [2.24, 2.45) is 5.92 Å². The summed E-state index contributed by atoms with van der Waals surface area (Å²) in [5, 5.41) is 9.12. The molecule has 1 fully saturated rings. The van der Waals surface area contributed by atoms with E-state index in [0.717, 1.165) is 18.8 Å². The molecule has 4 nitrogen and oxygen atoms in total. The standard InChI is InChI=1S/C11H19N3O/c1-13-4-2-3-10(6-13)7-14-9-12-5-11(14)8-15/h5,9-10,15H,2-4,6-8H2,1H3. The highest BCUT2D eigenvalue weighted by Gasteiger charge is 2.18. The average molecular weight is 209 g/mol. The van der Waals surface area contributed by atoms with Crippen molar-refractivity contribution in [3.8, 4) is 0 Å². The van der Waals surface area contributed by atoms with Crippen LogP contribution in [0.2, 0.25) is 0 Å². The molecule has 0 saturated carbocycles. The molecule has 0 amide bonds. The van der Waals surface area contributed by atoms with Gasteiger partial charge in [0.2, 0.25) is 0 Å². The Morgan fingerprint density at radius 2 is 2.47 bits per heavy atom. The molecule has 2 heterocycles. The smallest absolute Gasteiger partial charge is 0.0948 e. The summed E-state index contributed by atoms with van der Waals surface area (Å²) in [5.74, 6) is 0.697. The van der Waals surface area contributed by atoms with E-state index in [1.54, 1.807) is 6.20 Å². The van der Waals surface area contributed by atoms with Crippen molar-refractivity contribution in [1.82, 2.24) is 14.5 Å². The van der Waals surface area contributed by atoms with Crippen molar-refractivity contribution in [3.63, 3.8) is 0 Å². The first kappa shape index (κ1) is 10.6. The van der Waals surface area contributed by atoms with Crippen LogP contribution in [0.25, 0.3) is 0 Å². The number of aliphatic hydroxyl groups excluding tert-OH is 1. The highest BCUT2D eigenvalue weighted by molar-refractivity contribution is 4.96. The molecule has 1 saturated heterocycles. The number of hydrogen-bond donors (Lipinski definition) is 1. The molecule has 84 valence electrons. The molecule has 1 unspecified atom stereocenters. The molecular weight excluding hydrogens is 190 g/mol. The third-order valence-electron chi connectivity index (χ3n) is 3.14. The number of nitrogens with zero attached hydrogens (tertiary/aromatic N) is 3. The van der Waals surface area contributed by atoms with Gasteiger partial charge in [-0.25, -0.2) is 4.98 Å². The number of piperidine rings is 1. The van der Waals surface area contributed by atoms with E-state index in [-0.39, 0.29) is 6.61 Å². The topological polar surface area (TPSA) is 41.3 Å². The van der Waals surface area contributed by atoms with Crippen LogP contribution >= 0.6 is 0 Å². The van der Waals surface area contributed by atoms with E-state index in [2.05, 4.69) is 21.5 Å². The summed E-state index contributed by atoms with van der Waals surface area (Å²) in [6.07, 6.45) is 6.13. The van der Waals surface area contributed by atoms with Crippen LogP contribution < -0.4 is 0 Å². The number of rotatable bonds is 3. The molecule has 0 aliphatic carbocycles. The Balaban J connectivity index is 1.96. The molecule has 1 N–H and O–H groups in total. The Kier molecular flexibility index (Phi) is 3.38. The highest BCUT2D eigenvalue weighted by Crippen LogP contribution is 2.17. The molecule has 0 spiro atoms. The van der Waals surface area contributed by atoms with Crippen molar-refractivity contribution in [3.05, 3.63) is 18.2 Å². The van der Waals surface area contributed by atoms with Gasteiger partial charge in [-0.1, -0.05) is 0 Å². The molecule has 0 radical (unpaired) electrons. The summed E-state index contributed by atoms with van der Waals surface area (Å²) >= 11 is 0. The number of imidazole rings is 1. The second-order valence-corrected chi connectivity index (χ2v) is 4.47. The van der Waals surface area contributed by atoms with Crippen molar-refractivity contribution in [2.45, 2.75) is 26.0 Å². The Hall–Kier alpha value is -0.870. The SMILES string of the molecule is CN1CCCC(Cn2cncc2CO)C1. The van der Waals surface area contributed by atoms with Gasteiger partial charge in [-0.05, 0) is 32.4 Å². The van der Waals surface area contributed by atoms with E-state index in [9.17, 15) is 0 Å². The quantitative estimate of drug-likeness (QED) is 0.797. The molecule has 1 aromatic heterocycles. The maximum Gasteiger partial charge on any atom is 0.0948 e. The Morgan fingerprint density at radius 1 is 1.60 bits per heavy atom.